The predicted molar refractivity (Wildman–Crippen MR) is 85.2 cm³/mol. The van der Waals surface area contributed by atoms with Crippen LogP contribution in [-0.2, 0) is 9.53 Å². The van der Waals surface area contributed by atoms with Crippen LogP contribution >= 0.6 is 22.6 Å². The van der Waals surface area contributed by atoms with Crippen LogP contribution in [0.15, 0.2) is 24.3 Å². The Balaban J connectivity index is 1.75. The number of carbonyl (C=O) groups is 1. The number of halogens is 1. The van der Waals surface area contributed by atoms with Crippen molar-refractivity contribution in [2.45, 2.75) is 32.6 Å². The molecular formula is C15H20INO2. The lowest BCUT2D eigenvalue weighted by Crippen LogP contribution is -2.17. The van der Waals surface area contributed by atoms with Gasteiger partial charge in [0.25, 0.3) is 0 Å². The molecule has 1 N–H and O–H groups in total. The summed E-state index contributed by atoms with van der Waals surface area (Å²) in [5, 5.41) is 3.47. The molecule has 2 rings (SSSR count). The Labute approximate surface area is 128 Å². The minimum Gasteiger partial charge on any atom is -0.466 e. The van der Waals surface area contributed by atoms with E-state index in [9.17, 15) is 4.79 Å². The molecule has 3 nitrogen and oxygen atoms in total. The van der Waals surface area contributed by atoms with E-state index in [1.165, 1.54) is 16.4 Å². The lowest BCUT2D eigenvalue weighted by molar-refractivity contribution is -0.143. The molecule has 0 radical (unpaired) electrons. The molecule has 0 aliphatic heterocycles. The van der Waals surface area contributed by atoms with E-state index in [2.05, 4.69) is 52.2 Å². The zero-order chi connectivity index (χ0) is 13.7. The molecule has 0 spiro atoms. The number of hydrogen-bond acceptors (Lipinski definition) is 3. The number of ether oxygens (including phenoxy) is 1. The van der Waals surface area contributed by atoms with Crippen LogP contribution in [0.1, 0.15) is 32.6 Å². The van der Waals surface area contributed by atoms with E-state index in [4.69, 9.17) is 4.74 Å². The maximum Gasteiger partial charge on any atom is 0.305 e. The van der Waals surface area contributed by atoms with E-state index in [0.29, 0.717) is 18.4 Å². The number of anilines is 1. The molecule has 1 aromatic carbocycles. The summed E-state index contributed by atoms with van der Waals surface area (Å²) in [6, 6.07) is 8.40. The number of benzene rings is 1. The summed E-state index contributed by atoms with van der Waals surface area (Å²) in [5.41, 5.74) is 1.47. The molecule has 0 aromatic heterocycles. The van der Waals surface area contributed by atoms with E-state index in [1.807, 2.05) is 6.92 Å². The van der Waals surface area contributed by atoms with Gasteiger partial charge in [0.05, 0.1) is 6.61 Å². The quantitative estimate of drug-likeness (QED) is 0.583. The summed E-state index contributed by atoms with van der Waals surface area (Å²) in [6.07, 6.45) is 3.90. The number of hydrogen-bond donors (Lipinski definition) is 1. The van der Waals surface area contributed by atoms with Crippen molar-refractivity contribution in [3.63, 3.8) is 0 Å². The van der Waals surface area contributed by atoms with Gasteiger partial charge in [-0.25, -0.2) is 0 Å². The molecule has 0 atom stereocenters. The van der Waals surface area contributed by atoms with Crippen molar-refractivity contribution >= 4 is 34.2 Å². The minimum absolute atomic E-state index is 0.0666. The van der Waals surface area contributed by atoms with Crippen LogP contribution in [-0.4, -0.2) is 19.1 Å². The zero-order valence-electron chi connectivity index (χ0n) is 11.2. The number of carbonyl (C=O) groups excluding carboxylic acids is 1. The fourth-order valence-electron chi connectivity index (χ4n) is 2.15. The van der Waals surface area contributed by atoms with Crippen molar-refractivity contribution < 1.29 is 9.53 Å². The minimum atomic E-state index is -0.0666. The summed E-state index contributed by atoms with van der Waals surface area (Å²) < 4.78 is 6.22. The first-order valence-corrected chi connectivity index (χ1v) is 7.86. The van der Waals surface area contributed by atoms with E-state index in [1.54, 1.807) is 0 Å². The Kier molecular flexibility index (Phi) is 5.07. The molecule has 19 heavy (non-hydrogen) atoms. The first-order valence-electron chi connectivity index (χ1n) is 6.79. The van der Waals surface area contributed by atoms with Gasteiger partial charge in [0.15, 0.2) is 0 Å². The molecular weight excluding hydrogens is 353 g/mol. The highest BCUT2D eigenvalue weighted by molar-refractivity contribution is 14.1. The monoisotopic (exact) mass is 373 g/mol. The van der Waals surface area contributed by atoms with Gasteiger partial charge in [0.1, 0.15) is 0 Å². The highest BCUT2D eigenvalue weighted by atomic mass is 127. The van der Waals surface area contributed by atoms with Gasteiger partial charge in [-0.2, -0.15) is 0 Å². The van der Waals surface area contributed by atoms with Crippen molar-refractivity contribution in [1.29, 1.82) is 0 Å². The van der Waals surface area contributed by atoms with Gasteiger partial charge in [-0.05, 0) is 78.5 Å². The highest BCUT2D eigenvalue weighted by Crippen LogP contribution is 2.49. The second-order valence-electron chi connectivity index (χ2n) is 5.17. The normalized spacial score (nSPS) is 15.9. The molecule has 1 aromatic rings. The van der Waals surface area contributed by atoms with Crippen LogP contribution in [0.5, 0.6) is 0 Å². The topological polar surface area (TPSA) is 38.3 Å². The maximum absolute atomic E-state index is 11.4. The second kappa shape index (κ2) is 6.59. The van der Waals surface area contributed by atoms with Crippen molar-refractivity contribution in [2.75, 3.05) is 18.5 Å². The van der Waals surface area contributed by atoms with Gasteiger partial charge < -0.3 is 10.1 Å². The van der Waals surface area contributed by atoms with Crippen LogP contribution in [0, 0.1) is 8.99 Å². The van der Waals surface area contributed by atoms with E-state index in [0.717, 1.165) is 18.7 Å². The summed E-state index contributed by atoms with van der Waals surface area (Å²) in [7, 11) is 0. The van der Waals surface area contributed by atoms with E-state index in [-0.39, 0.29) is 5.97 Å². The number of esters is 1. The molecule has 1 fully saturated rings. The van der Waals surface area contributed by atoms with Crippen LogP contribution in [0.25, 0.3) is 0 Å². The third-order valence-electron chi connectivity index (χ3n) is 3.63. The fraction of sp³-hybridized carbons (Fsp3) is 0.533. The molecule has 0 heterocycles. The smallest absolute Gasteiger partial charge is 0.305 e. The van der Waals surface area contributed by atoms with Crippen LogP contribution < -0.4 is 5.32 Å². The molecule has 1 aliphatic carbocycles. The van der Waals surface area contributed by atoms with Crippen LogP contribution in [0.3, 0.4) is 0 Å². The lowest BCUT2D eigenvalue weighted by atomic mass is 10.00. The average Bonchev–Trinajstić information content (AvgIpc) is 3.17. The van der Waals surface area contributed by atoms with E-state index >= 15 is 0 Å². The highest BCUT2D eigenvalue weighted by Gasteiger charge is 2.42. The molecule has 0 saturated heterocycles. The third-order valence-corrected chi connectivity index (χ3v) is 4.35. The molecule has 0 bridgehead atoms. The van der Waals surface area contributed by atoms with Gasteiger partial charge in [-0.15, -0.1) is 0 Å². The van der Waals surface area contributed by atoms with Crippen LogP contribution in [0.4, 0.5) is 5.69 Å². The third kappa shape index (κ3) is 4.67. The molecule has 104 valence electrons. The molecule has 4 heteroatoms. The fourth-order valence-corrected chi connectivity index (χ4v) is 2.51. The van der Waals surface area contributed by atoms with Gasteiger partial charge in [-0.3, -0.25) is 4.79 Å². The number of rotatable bonds is 7. The summed E-state index contributed by atoms with van der Waals surface area (Å²) >= 11 is 2.30. The average molecular weight is 373 g/mol. The first-order chi connectivity index (χ1) is 9.13. The zero-order valence-corrected chi connectivity index (χ0v) is 13.4. The van der Waals surface area contributed by atoms with Crippen molar-refractivity contribution in [2.24, 2.45) is 5.41 Å². The predicted octanol–water partition coefficient (Wildman–Crippen LogP) is 3.83. The van der Waals surface area contributed by atoms with Crippen molar-refractivity contribution in [1.82, 2.24) is 0 Å². The van der Waals surface area contributed by atoms with Crippen molar-refractivity contribution in [3.05, 3.63) is 27.8 Å². The summed E-state index contributed by atoms with van der Waals surface area (Å²) in [4.78, 5) is 11.4. The maximum atomic E-state index is 11.4. The molecule has 0 amide bonds. The number of nitrogens with one attached hydrogen (secondary N) is 1. The van der Waals surface area contributed by atoms with Gasteiger partial charge in [0, 0.05) is 22.2 Å². The second-order valence-corrected chi connectivity index (χ2v) is 6.41. The van der Waals surface area contributed by atoms with Gasteiger partial charge in [0.2, 0.25) is 0 Å². The van der Waals surface area contributed by atoms with Crippen LogP contribution in [0.2, 0.25) is 0 Å². The standard InChI is InChI=1S/C15H20INO2/c1-2-19-14(18)7-8-15(9-10-15)11-17-13-5-3-12(16)4-6-13/h3-6,17H,2,7-11H2,1H3. The Morgan fingerprint density at radius 1 is 1.37 bits per heavy atom. The summed E-state index contributed by atoms with van der Waals surface area (Å²) in [5.74, 6) is -0.0666. The van der Waals surface area contributed by atoms with Gasteiger partial charge in [-0.1, -0.05) is 0 Å². The Morgan fingerprint density at radius 2 is 2.05 bits per heavy atom. The molecule has 1 saturated carbocycles. The van der Waals surface area contributed by atoms with Gasteiger partial charge >= 0.3 is 5.97 Å². The largest absolute Gasteiger partial charge is 0.466 e. The Morgan fingerprint density at radius 3 is 2.63 bits per heavy atom. The first kappa shape index (κ1) is 14.6. The van der Waals surface area contributed by atoms with E-state index < -0.39 is 0 Å². The molecule has 0 unspecified atom stereocenters. The lowest BCUT2D eigenvalue weighted by Gasteiger charge is -2.16. The molecule has 1 aliphatic rings. The summed E-state index contributed by atoms with van der Waals surface area (Å²) in [6.45, 7) is 3.28. The Bertz CT molecular complexity index is 426. The van der Waals surface area contributed by atoms with Crippen molar-refractivity contribution in [3.8, 4) is 0 Å². The Hall–Kier alpha value is -0.780. The SMILES string of the molecule is CCOC(=O)CCC1(CNc2ccc(I)cc2)CC1.